The first-order chi connectivity index (χ1) is 12.0. The second kappa shape index (κ2) is 6.57. The van der Waals surface area contributed by atoms with Crippen molar-refractivity contribution >= 4 is 27.5 Å². The SMILES string of the molecule is CCN(C(=O)CSc1nnc(C2CC2)n1C1CC1)[C@@H]1CCS(=O)(=O)C1. The number of aromatic nitrogens is 3. The van der Waals surface area contributed by atoms with Gasteiger partial charge in [-0.3, -0.25) is 4.79 Å². The van der Waals surface area contributed by atoms with Gasteiger partial charge < -0.3 is 9.47 Å². The molecule has 25 heavy (non-hydrogen) atoms. The van der Waals surface area contributed by atoms with Crippen LogP contribution in [-0.4, -0.2) is 63.8 Å². The number of hydrogen-bond donors (Lipinski definition) is 0. The molecule has 0 radical (unpaired) electrons. The van der Waals surface area contributed by atoms with Gasteiger partial charge in [0.1, 0.15) is 5.82 Å². The summed E-state index contributed by atoms with van der Waals surface area (Å²) >= 11 is 1.44. The number of rotatable bonds is 7. The zero-order valence-electron chi connectivity index (χ0n) is 14.4. The van der Waals surface area contributed by atoms with E-state index in [2.05, 4.69) is 14.8 Å². The molecule has 9 heteroatoms. The lowest BCUT2D eigenvalue weighted by molar-refractivity contribution is -0.129. The van der Waals surface area contributed by atoms with Gasteiger partial charge in [0.25, 0.3) is 0 Å². The van der Waals surface area contributed by atoms with Gasteiger partial charge >= 0.3 is 0 Å². The lowest BCUT2D eigenvalue weighted by atomic mass is 10.2. The average Bonchev–Trinajstić information content (AvgIpc) is 3.50. The molecule has 0 bridgehead atoms. The maximum Gasteiger partial charge on any atom is 0.233 e. The standard InChI is InChI=1S/C16H24N4O3S2/c1-2-19(13-7-8-25(22,23)10-13)14(21)9-24-16-18-17-15(11-3-4-11)20(16)12-5-6-12/h11-13H,2-10H2,1H3/t13-/m1/s1. The Morgan fingerprint density at radius 3 is 2.56 bits per heavy atom. The van der Waals surface area contributed by atoms with Crippen LogP contribution in [0.3, 0.4) is 0 Å². The minimum absolute atomic E-state index is 0.00656. The van der Waals surface area contributed by atoms with Crippen molar-refractivity contribution in [1.82, 2.24) is 19.7 Å². The quantitative estimate of drug-likeness (QED) is 0.664. The second-order valence-corrected chi connectivity index (χ2v) is 10.4. The van der Waals surface area contributed by atoms with Gasteiger partial charge in [-0.1, -0.05) is 11.8 Å². The molecule has 0 unspecified atom stereocenters. The van der Waals surface area contributed by atoms with Crippen LogP contribution in [0.15, 0.2) is 5.16 Å². The fourth-order valence-corrected chi connectivity index (χ4v) is 6.18. The molecule has 0 aromatic carbocycles. The summed E-state index contributed by atoms with van der Waals surface area (Å²) in [4.78, 5) is 14.4. The predicted octanol–water partition coefficient (Wildman–Crippen LogP) is 1.62. The molecule has 3 aliphatic rings. The van der Waals surface area contributed by atoms with Gasteiger partial charge in [0.2, 0.25) is 5.91 Å². The second-order valence-electron chi connectivity index (χ2n) is 7.24. The third kappa shape index (κ3) is 3.72. The molecule has 1 aromatic rings. The monoisotopic (exact) mass is 384 g/mol. The van der Waals surface area contributed by atoms with Gasteiger partial charge in [-0.15, -0.1) is 10.2 Å². The van der Waals surface area contributed by atoms with Crippen LogP contribution in [0.5, 0.6) is 0 Å². The van der Waals surface area contributed by atoms with Crippen molar-refractivity contribution in [1.29, 1.82) is 0 Å². The summed E-state index contributed by atoms with van der Waals surface area (Å²) in [6, 6.07) is 0.330. The van der Waals surface area contributed by atoms with Gasteiger partial charge in [-0.25, -0.2) is 8.42 Å². The van der Waals surface area contributed by atoms with E-state index < -0.39 is 9.84 Å². The van der Waals surface area contributed by atoms with E-state index in [-0.39, 0.29) is 23.5 Å². The molecule has 7 nitrogen and oxygen atoms in total. The molecule has 1 saturated heterocycles. The number of carbonyl (C=O) groups excluding carboxylic acids is 1. The lowest BCUT2D eigenvalue weighted by Crippen LogP contribution is -2.42. The lowest BCUT2D eigenvalue weighted by Gasteiger charge is -2.26. The number of sulfone groups is 1. The van der Waals surface area contributed by atoms with Gasteiger partial charge in [0.05, 0.1) is 17.3 Å². The van der Waals surface area contributed by atoms with Gasteiger partial charge in [-0.2, -0.15) is 0 Å². The first-order valence-electron chi connectivity index (χ1n) is 9.06. The zero-order chi connectivity index (χ0) is 17.6. The van der Waals surface area contributed by atoms with Crippen LogP contribution >= 0.6 is 11.8 Å². The van der Waals surface area contributed by atoms with E-state index in [1.54, 1.807) is 4.90 Å². The molecule has 0 spiro atoms. The summed E-state index contributed by atoms with van der Waals surface area (Å²) in [5.41, 5.74) is 0. The van der Waals surface area contributed by atoms with E-state index in [4.69, 9.17) is 0 Å². The van der Waals surface area contributed by atoms with Crippen molar-refractivity contribution in [2.24, 2.45) is 0 Å². The highest BCUT2D eigenvalue weighted by Gasteiger charge is 2.37. The Bertz CT molecular complexity index is 768. The largest absolute Gasteiger partial charge is 0.338 e. The fourth-order valence-electron chi connectivity index (χ4n) is 3.55. The van der Waals surface area contributed by atoms with Crippen LogP contribution in [0.1, 0.15) is 56.8 Å². The summed E-state index contributed by atoms with van der Waals surface area (Å²) in [5.74, 6) is 2.21. The van der Waals surface area contributed by atoms with Crippen molar-refractivity contribution < 1.29 is 13.2 Å². The number of thioether (sulfide) groups is 1. The van der Waals surface area contributed by atoms with Crippen molar-refractivity contribution in [3.63, 3.8) is 0 Å². The molecule has 1 aromatic heterocycles. The number of nitrogens with zero attached hydrogens (tertiary/aromatic N) is 4. The Morgan fingerprint density at radius 2 is 2.00 bits per heavy atom. The molecular weight excluding hydrogens is 360 g/mol. The maximum absolute atomic E-state index is 12.6. The van der Waals surface area contributed by atoms with E-state index in [9.17, 15) is 13.2 Å². The molecule has 138 valence electrons. The van der Waals surface area contributed by atoms with Crippen molar-refractivity contribution in [3.05, 3.63) is 5.82 Å². The van der Waals surface area contributed by atoms with Crippen LogP contribution < -0.4 is 0 Å². The maximum atomic E-state index is 12.6. The topological polar surface area (TPSA) is 85.2 Å². The molecule has 0 N–H and O–H groups in total. The van der Waals surface area contributed by atoms with E-state index in [0.29, 0.717) is 30.7 Å². The smallest absolute Gasteiger partial charge is 0.233 e. The predicted molar refractivity (Wildman–Crippen MR) is 95.4 cm³/mol. The van der Waals surface area contributed by atoms with Crippen molar-refractivity contribution in [3.8, 4) is 0 Å². The first-order valence-corrected chi connectivity index (χ1v) is 11.9. The summed E-state index contributed by atoms with van der Waals surface area (Å²) < 4.78 is 25.6. The molecule has 1 aliphatic heterocycles. The molecule has 1 atom stereocenters. The van der Waals surface area contributed by atoms with Gasteiger partial charge in [0, 0.05) is 24.5 Å². The summed E-state index contributed by atoms with van der Waals surface area (Å²) in [5, 5.41) is 9.53. The highest BCUT2D eigenvalue weighted by Crippen LogP contribution is 2.46. The number of carbonyl (C=O) groups is 1. The first kappa shape index (κ1) is 17.3. The molecule has 1 amide bonds. The van der Waals surface area contributed by atoms with Crippen LogP contribution in [0.2, 0.25) is 0 Å². The summed E-state index contributed by atoms with van der Waals surface area (Å²) in [7, 11) is -2.99. The van der Waals surface area contributed by atoms with Crippen LogP contribution in [0, 0.1) is 0 Å². The minimum atomic E-state index is -2.99. The van der Waals surface area contributed by atoms with E-state index >= 15 is 0 Å². The molecule has 2 saturated carbocycles. The Balaban J connectivity index is 1.41. The van der Waals surface area contributed by atoms with Crippen molar-refractivity contribution in [2.45, 2.75) is 62.2 Å². The molecule has 2 heterocycles. The third-order valence-electron chi connectivity index (χ3n) is 5.18. The average molecular weight is 385 g/mol. The normalized spacial score (nSPS) is 25.2. The van der Waals surface area contributed by atoms with E-state index in [0.717, 1.165) is 11.0 Å². The van der Waals surface area contributed by atoms with Crippen molar-refractivity contribution in [2.75, 3.05) is 23.8 Å². The van der Waals surface area contributed by atoms with E-state index in [1.807, 2.05) is 6.92 Å². The number of hydrogen-bond acceptors (Lipinski definition) is 6. The fraction of sp³-hybridized carbons (Fsp3) is 0.812. The number of amides is 1. The Kier molecular flexibility index (Phi) is 4.56. The van der Waals surface area contributed by atoms with Gasteiger partial charge in [0.15, 0.2) is 15.0 Å². The van der Waals surface area contributed by atoms with Crippen LogP contribution in [-0.2, 0) is 14.6 Å². The van der Waals surface area contributed by atoms with Crippen LogP contribution in [0.25, 0.3) is 0 Å². The Morgan fingerprint density at radius 1 is 1.24 bits per heavy atom. The molecule has 3 fully saturated rings. The Labute approximate surface area is 152 Å². The Hall–Kier alpha value is -1.09. The molecule has 2 aliphatic carbocycles. The highest BCUT2D eigenvalue weighted by atomic mass is 32.2. The third-order valence-corrected chi connectivity index (χ3v) is 7.86. The summed E-state index contributed by atoms with van der Waals surface area (Å²) in [6.45, 7) is 2.45. The molecule has 4 rings (SSSR count). The van der Waals surface area contributed by atoms with Crippen LogP contribution in [0.4, 0.5) is 0 Å². The minimum Gasteiger partial charge on any atom is -0.338 e. The highest BCUT2D eigenvalue weighted by molar-refractivity contribution is 7.99. The van der Waals surface area contributed by atoms with E-state index in [1.165, 1.54) is 37.4 Å². The summed E-state index contributed by atoms with van der Waals surface area (Å²) in [6.07, 6.45) is 5.26. The van der Waals surface area contributed by atoms with Gasteiger partial charge in [-0.05, 0) is 39.0 Å². The zero-order valence-corrected chi connectivity index (χ0v) is 16.1. The molecular formula is C16H24N4O3S2.